The lowest BCUT2D eigenvalue weighted by Crippen LogP contribution is -2.22. The molecule has 10 rings (SSSR count). The number of nitriles is 2. The summed E-state index contributed by atoms with van der Waals surface area (Å²) in [4.78, 5) is 11.6. The van der Waals surface area contributed by atoms with Gasteiger partial charge in [0.05, 0.1) is 39.0 Å². The van der Waals surface area contributed by atoms with E-state index in [2.05, 4.69) is 108 Å². The van der Waals surface area contributed by atoms with Crippen molar-refractivity contribution < 1.29 is 18.0 Å². The average molecular weight is 800 g/mol. The molecule has 60 heavy (non-hydrogen) atoms. The van der Waals surface area contributed by atoms with E-state index in [4.69, 9.17) is 0 Å². The van der Waals surface area contributed by atoms with Gasteiger partial charge in [-0.1, -0.05) is 127 Å². The summed E-state index contributed by atoms with van der Waals surface area (Å²) >= 11 is 1.81. The number of alkyl halides is 3. The highest BCUT2D eigenvalue weighted by molar-refractivity contribution is 7.26. The molecule has 4 nitrogen and oxygen atoms in total. The van der Waals surface area contributed by atoms with Crippen molar-refractivity contribution in [3.05, 3.63) is 187 Å². The zero-order valence-electron chi connectivity index (χ0n) is 31.5. The first kappa shape index (κ1) is 36.6. The van der Waals surface area contributed by atoms with Crippen molar-refractivity contribution in [2.45, 2.75) is 6.18 Å². The summed E-state index contributed by atoms with van der Waals surface area (Å²) in [6.45, 7) is 0. The van der Waals surface area contributed by atoms with E-state index in [1.165, 1.54) is 54.1 Å². The maximum atomic E-state index is 12.9. The van der Waals surface area contributed by atoms with Crippen LogP contribution in [0.2, 0.25) is 0 Å². The van der Waals surface area contributed by atoms with Crippen LogP contribution in [-0.4, -0.2) is 16.5 Å². The van der Waals surface area contributed by atoms with Crippen molar-refractivity contribution in [2.24, 2.45) is 0 Å². The third-order valence-corrected chi connectivity index (χ3v) is 12.3. The lowest BCUT2D eigenvalue weighted by atomic mass is 9.90. The van der Waals surface area contributed by atoms with Crippen molar-refractivity contribution >= 4 is 59.1 Å². The van der Waals surface area contributed by atoms with Crippen LogP contribution in [0.15, 0.2) is 170 Å². The van der Waals surface area contributed by atoms with Crippen LogP contribution in [0.3, 0.4) is 0 Å². The average Bonchev–Trinajstić information content (AvgIpc) is 3.84. The number of halogens is 3. The van der Waals surface area contributed by atoms with Crippen LogP contribution in [-0.2, 0) is 0 Å². The fourth-order valence-corrected chi connectivity index (χ4v) is 9.49. The number of hydrogen-bond donors (Lipinski definition) is 0. The third-order valence-electron chi connectivity index (χ3n) is 11.1. The summed E-state index contributed by atoms with van der Waals surface area (Å²) in [6.07, 6.45) is -4.95. The highest BCUT2D eigenvalue weighted by atomic mass is 32.1. The Morgan fingerprint density at radius 2 is 1.05 bits per heavy atom. The van der Waals surface area contributed by atoms with Crippen molar-refractivity contribution in [1.29, 1.82) is 10.5 Å². The van der Waals surface area contributed by atoms with E-state index in [0.29, 0.717) is 33.4 Å². The molecular formula is C52H28F3N3OS. The highest BCUT2D eigenvalue weighted by Gasteiger charge is 2.39. The number of rotatable bonds is 6. The summed E-state index contributed by atoms with van der Waals surface area (Å²) in [7, 11) is 0. The summed E-state index contributed by atoms with van der Waals surface area (Å²) in [5, 5.41) is 25.4. The SMILES string of the molecule is N#Cc1cc(-c2ccc(-c3ccc4sc5c(ccc6c7ccccc7n(-c7ccccc7)c65)c4c3)cc2)cc(C#N)c1-c1ccc(-c2ccc(C(=O)C(F)(F)F)cc2)cc1. The first-order chi connectivity index (χ1) is 29.2. The smallest absolute Gasteiger partial charge is 0.308 e. The van der Waals surface area contributed by atoms with Gasteiger partial charge in [0.15, 0.2) is 0 Å². The quantitative estimate of drug-likeness (QED) is 0.157. The molecule has 0 amide bonds. The van der Waals surface area contributed by atoms with Gasteiger partial charge in [0.1, 0.15) is 0 Å². The molecule has 8 aromatic carbocycles. The first-order valence-electron chi connectivity index (χ1n) is 19.1. The van der Waals surface area contributed by atoms with Crippen LogP contribution in [0, 0.1) is 22.7 Å². The molecule has 8 heteroatoms. The molecule has 0 bridgehead atoms. The van der Waals surface area contributed by atoms with Gasteiger partial charge < -0.3 is 4.57 Å². The highest BCUT2D eigenvalue weighted by Crippen LogP contribution is 2.44. The molecule has 0 saturated heterocycles. The zero-order chi connectivity index (χ0) is 41.1. The number of nitrogens with zero attached hydrogens (tertiary/aromatic N) is 3. The monoisotopic (exact) mass is 799 g/mol. The normalized spacial score (nSPS) is 11.6. The molecule has 0 aliphatic heterocycles. The van der Waals surface area contributed by atoms with Gasteiger partial charge in [-0.3, -0.25) is 4.79 Å². The van der Waals surface area contributed by atoms with E-state index >= 15 is 0 Å². The van der Waals surface area contributed by atoms with Crippen molar-refractivity contribution in [1.82, 2.24) is 4.57 Å². The molecule has 0 spiro atoms. The number of carbonyl (C=O) groups excluding carboxylic acids is 1. The van der Waals surface area contributed by atoms with Crippen LogP contribution < -0.4 is 0 Å². The van der Waals surface area contributed by atoms with E-state index < -0.39 is 17.5 Å². The minimum Gasteiger partial charge on any atom is -0.308 e. The molecule has 0 saturated carbocycles. The van der Waals surface area contributed by atoms with Crippen LogP contribution in [0.5, 0.6) is 0 Å². The number of ketones is 1. The Labute approximate surface area is 345 Å². The van der Waals surface area contributed by atoms with Gasteiger partial charge in [0.2, 0.25) is 0 Å². The maximum Gasteiger partial charge on any atom is 0.454 e. The molecule has 0 unspecified atom stereocenters. The van der Waals surface area contributed by atoms with Crippen LogP contribution in [0.25, 0.3) is 92.2 Å². The van der Waals surface area contributed by atoms with Crippen LogP contribution >= 0.6 is 11.3 Å². The number of thiophene rings is 1. The standard InChI is InChI=1S/C52H28F3N3OS/c53-52(54,55)51(59)36-20-16-32(17-21-36)31-14-18-35(19-15-31)48-39(29-56)26-38(27-40(48)30-57)34-12-10-33(11-13-34)37-22-25-47-45(28-37)44-24-23-43-42-8-4-5-9-46(42)58(49(43)50(44)60-47)41-6-2-1-3-7-41/h1-28H. The zero-order valence-corrected chi connectivity index (χ0v) is 32.3. The number of para-hydroxylation sites is 2. The number of carbonyl (C=O) groups is 1. The summed E-state index contributed by atoms with van der Waals surface area (Å²) in [5.74, 6) is -1.90. The molecule has 0 aliphatic rings. The molecule has 0 aliphatic carbocycles. The Morgan fingerprint density at radius 3 is 1.68 bits per heavy atom. The fraction of sp³-hybridized carbons (Fsp3) is 0.0192. The Kier molecular flexibility index (Phi) is 8.68. The summed E-state index contributed by atoms with van der Waals surface area (Å²) in [5.41, 5.74) is 9.94. The lowest BCUT2D eigenvalue weighted by molar-refractivity contribution is -0.0885. The van der Waals surface area contributed by atoms with E-state index in [1.807, 2.05) is 29.5 Å². The molecule has 0 radical (unpaired) electrons. The summed E-state index contributed by atoms with van der Waals surface area (Å²) < 4.78 is 43.4. The van der Waals surface area contributed by atoms with Gasteiger partial charge in [0, 0.05) is 43.1 Å². The van der Waals surface area contributed by atoms with Crippen LogP contribution in [0.1, 0.15) is 21.5 Å². The summed E-state index contributed by atoms with van der Waals surface area (Å²) in [6, 6.07) is 58.7. The second kappa shape index (κ2) is 14.2. The van der Waals surface area contributed by atoms with E-state index in [9.17, 15) is 28.5 Å². The molecule has 10 aromatic rings. The van der Waals surface area contributed by atoms with Crippen molar-refractivity contribution in [3.8, 4) is 62.3 Å². The molecular weight excluding hydrogens is 772 g/mol. The number of hydrogen-bond acceptors (Lipinski definition) is 4. The lowest BCUT2D eigenvalue weighted by Gasteiger charge is -2.12. The molecule has 284 valence electrons. The van der Waals surface area contributed by atoms with Gasteiger partial charge in [-0.15, -0.1) is 11.3 Å². The Bertz CT molecular complexity index is 3390. The maximum absolute atomic E-state index is 12.9. The number of fused-ring (bicyclic) bond motifs is 7. The number of aromatic nitrogens is 1. The topological polar surface area (TPSA) is 69.6 Å². The molecule has 0 fully saturated rings. The van der Waals surface area contributed by atoms with Crippen LogP contribution in [0.4, 0.5) is 13.2 Å². The Hall–Kier alpha value is -7.78. The van der Waals surface area contributed by atoms with Crippen molar-refractivity contribution in [3.63, 3.8) is 0 Å². The van der Waals surface area contributed by atoms with E-state index in [0.717, 1.165) is 40.1 Å². The molecule has 0 atom stereocenters. The predicted octanol–water partition coefficient (Wildman–Crippen LogP) is 14.3. The second-order valence-electron chi connectivity index (χ2n) is 14.6. The van der Waals surface area contributed by atoms with Gasteiger partial charge >= 0.3 is 6.18 Å². The predicted molar refractivity (Wildman–Crippen MR) is 235 cm³/mol. The van der Waals surface area contributed by atoms with Gasteiger partial charge in [-0.25, -0.2) is 0 Å². The Balaban J connectivity index is 0.966. The fourth-order valence-electron chi connectivity index (χ4n) is 8.27. The third kappa shape index (κ3) is 6.10. The number of benzene rings is 8. The number of Topliss-reactive ketones (excluding diaryl/α,β-unsaturated/α-hetero) is 1. The minimum atomic E-state index is -4.95. The molecule has 2 heterocycles. The first-order valence-corrected chi connectivity index (χ1v) is 19.9. The van der Waals surface area contributed by atoms with E-state index in [1.54, 1.807) is 36.4 Å². The van der Waals surface area contributed by atoms with E-state index in [-0.39, 0.29) is 0 Å². The Morgan fingerprint density at radius 1 is 0.517 bits per heavy atom. The second-order valence-corrected chi connectivity index (χ2v) is 15.6. The molecule has 2 aromatic heterocycles. The van der Waals surface area contributed by atoms with Gasteiger partial charge in [-0.2, -0.15) is 23.7 Å². The minimum absolute atomic E-state index is 0.339. The van der Waals surface area contributed by atoms with Crippen molar-refractivity contribution in [2.75, 3.05) is 0 Å². The van der Waals surface area contributed by atoms with Gasteiger partial charge in [0.25, 0.3) is 5.78 Å². The largest absolute Gasteiger partial charge is 0.454 e. The molecule has 0 N–H and O–H groups in total. The van der Waals surface area contributed by atoms with Gasteiger partial charge in [-0.05, 0) is 81.4 Å².